The van der Waals surface area contributed by atoms with Crippen LogP contribution in [0.15, 0.2) is 35.0 Å². The van der Waals surface area contributed by atoms with Gasteiger partial charge in [0.15, 0.2) is 6.10 Å². The lowest BCUT2D eigenvalue weighted by molar-refractivity contribution is -0.127. The second-order valence-electron chi connectivity index (χ2n) is 4.88. The van der Waals surface area contributed by atoms with Gasteiger partial charge in [-0.3, -0.25) is 4.79 Å². The van der Waals surface area contributed by atoms with Crippen molar-refractivity contribution < 1.29 is 19.0 Å². The number of hydrogen-bond donors (Lipinski definition) is 2. The van der Waals surface area contributed by atoms with Crippen LogP contribution in [0.4, 0.5) is 4.39 Å². The number of hydrogen-bond acceptors (Lipinski definition) is 4. The van der Waals surface area contributed by atoms with E-state index in [0.717, 1.165) is 5.56 Å². The third-order valence-corrected chi connectivity index (χ3v) is 4.09. The maximum atomic E-state index is 13.1. The SMILES string of the molecule is O=C(NCC(O)c1ccsc1)C1Cc2cc(F)ccc2O1. The van der Waals surface area contributed by atoms with Crippen molar-refractivity contribution >= 4 is 17.2 Å². The van der Waals surface area contributed by atoms with E-state index in [1.165, 1.54) is 29.5 Å². The molecular formula is C15H14FNO3S. The number of aliphatic hydroxyl groups is 1. The number of benzene rings is 1. The van der Waals surface area contributed by atoms with E-state index in [4.69, 9.17) is 4.74 Å². The normalized spacial score (nSPS) is 17.9. The van der Waals surface area contributed by atoms with Crippen molar-refractivity contribution in [3.05, 3.63) is 52.0 Å². The summed E-state index contributed by atoms with van der Waals surface area (Å²) in [6.07, 6.45) is -1.06. The molecule has 1 aromatic heterocycles. The Bertz CT molecular complexity index is 644. The molecule has 4 nitrogen and oxygen atoms in total. The van der Waals surface area contributed by atoms with E-state index < -0.39 is 12.2 Å². The van der Waals surface area contributed by atoms with Gasteiger partial charge >= 0.3 is 0 Å². The van der Waals surface area contributed by atoms with Crippen LogP contribution in [0.25, 0.3) is 0 Å². The number of thiophene rings is 1. The molecule has 2 aromatic rings. The molecule has 2 unspecified atom stereocenters. The lowest BCUT2D eigenvalue weighted by atomic mass is 10.1. The van der Waals surface area contributed by atoms with Gasteiger partial charge in [-0.05, 0) is 40.6 Å². The number of aliphatic hydroxyl groups excluding tert-OH is 1. The predicted octanol–water partition coefficient (Wildman–Crippen LogP) is 2.04. The molecule has 0 bridgehead atoms. The number of carbonyl (C=O) groups excluding carboxylic acids is 1. The molecule has 0 saturated heterocycles. The third-order valence-electron chi connectivity index (χ3n) is 3.39. The first-order valence-electron chi connectivity index (χ1n) is 6.56. The van der Waals surface area contributed by atoms with Crippen LogP contribution in [0.5, 0.6) is 5.75 Å². The van der Waals surface area contributed by atoms with Crippen LogP contribution in [0.1, 0.15) is 17.2 Å². The molecule has 2 atom stereocenters. The number of nitrogens with one attached hydrogen (secondary N) is 1. The van der Waals surface area contributed by atoms with Crippen molar-refractivity contribution in [2.75, 3.05) is 6.54 Å². The van der Waals surface area contributed by atoms with E-state index in [-0.39, 0.29) is 18.3 Å². The molecule has 0 aliphatic carbocycles. The smallest absolute Gasteiger partial charge is 0.261 e. The first-order chi connectivity index (χ1) is 10.1. The van der Waals surface area contributed by atoms with E-state index in [9.17, 15) is 14.3 Å². The predicted molar refractivity (Wildman–Crippen MR) is 76.8 cm³/mol. The Hall–Kier alpha value is -1.92. The highest BCUT2D eigenvalue weighted by molar-refractivity contribution is 7.07. The van der Waals surface area contributed by atoms with Gasteiger partial charge in [0.05, 0.1) is 6.10 Å². The Morgan fingerprint density at radius 3 is 3.14 bits per heavy atom. The van der Waals surface area contributed by atoms with Crippen molar-refractivity contribution in [1.82, 2.24) is 5.32 Å². The summed E-state index contributed by atoms with van der Waals surface area (Å²) in [6, 6.07) is 6.02. The largest absolute Gasteiger partial charge is 0.480 e. The standard InChI is InChI=1S/C15H14FNO3S/c16-11-1-2-13-10(5-11)6-14(20-13)15(19)17-7-12(18)9-3-4-21-8-9/h1-5,8,12,14,18H,6-7H2,(H,17,19). The number of halogens is 1. The van der Waals surface area contributed by atoms with Crippen LogP contribution < -0.4 is 10.1 Å². The monoisotopic (exact) mass is 307 g/mol. The molecule has 2 N–H and O–H groups in total. The van der Waals surface area contributed by atoms with Crippen molar-refractivity contribution in [2.24, 2.45) is 0 Å². The van der Waals surface area contributed by atoms with Gasteiger partial charge in [-0.1, -0.05) is 0 Å². The van der Waals surface area contributed by atoms with Crippen LogP contribution in [0.2, 0.25) is 0 Å². The van der Waals surface area contributed by atoms with Gasteiger partial charge < -0.3 is 15.2 Å². The lowest BCUT2D eigenvalue weighted by Crippen LogP contribution is -2.39. The summed E-state index contributed by atoms with van der Waals surface area (Å²) in [6.45, 7) is 0.125. The number of fused-ring (bicyclic) bond motifs is 1. The van der Waals surface area contributed by atoms with Crippen molar-refractivity contribution in [1.29, 1.82) is 0 Å². The average molecular weight is 307 g/mol. The molecular weight excluding hydrogens is 293 g/mol. The second-order valence-corrected chi connectivity index (χ2v) is 5.66. The number of rotatable bonds is 4. The average Bonchev–Trinajstić information content (AvgIpc) is 3.12. The maximum absolute atomic E-state index is 13.1. The summed E-state index contributed by atoms with van der Waals surface area (Å²) < 4.78 is 18.6. The molecule has 21 heavy (non-hydrogen) atoms. The van der Waals surface area contributed by atoms with Gasteiger partial charge in [0.1, 0.15) is 11.6 Å². The van der Waals surface area contributed by atoms with E-state index in [1.807, 2.05) is 16.8 Å². The number of amides is 1. The van der Waals surface area contributed by atoms with Crippen LogP contribution in [-0.2, 0) is 11.2 Å². The van der Waals surface area contributed by atoms with E-state index in [0.29, 0.717) is 17.7 Å². The fourth-order valence-electron chi connectivity index (χ4n) is 2.26. The van der Waals surface area contributed by atoms with Gasteiger partial charge in [0, 0.05) is 18.5 Å². The number of ether oxygens (including phenoxy) is 1. The molecule has 1 aliphatic rings. The van der Waals surface area contributed by atoms with Gasteiger partial charge in [-0.25, -0.2) is 4.39 Å². The van der Waals surface area contributed by atoms with Gasteiger partial charge in [0.2, 0.25) is 0 Å². The fraction of sp³-hybridized carbons (Fsp3) is 0.267. The van der Waals surface area contributed by atoms with Gasteiger partial charge in [-0.2, -0.15) is 11.3 Å². The topological polar surface area (TPSA) is 58.6 Å². The number of carbonyl (C=O) groups is 1. The molecule has 1 aliphatic heterocycles. The molecule has 0 fully saturated rings. The van der Waals surface area contributed by atoms with Crippen molar-refractivity contribution in [3.8, 4) is 5.75 Å². The van der Waals surface area contributed by atoms with Crippen LogP contribution >= 0.6 is 11.3 Å². The molecule has 1 amide bonds. The Balaban J connectivity index is 1.56. The second kappa shape index (κ2) is 5.83. The van der Waals surface area contributed by atoms with E-state index in [1.54, 1.807) is 0 Å². The Morgan fingerprint density at radius 1 is 1.52 bits per heavy atom. The highest BCUT2D eigenvalue weighted by Crippen LogP contribution is 2.29. The summed E-state index contributed by atoms with van der Waals surface area (Å²) in [5.41, 5.74) is 1.46. The summed E-state index contributed by atoms with van der Waals surface area (Å²) in [7, 11) is 0. The van der Waals surface area contributed by atoms with E-state index >= 15 is 0 Å². The highest BCUT2D eigenvalue weighted by Gasteiger charge is 2.29. The zero-order valence-corrected chi connectivity index (χ0v) is 11.9. The van der Waals surface area contributed by atoms with Gasteiger partial charge in [-0.15, -0.1) is 0 Å². The zero-order chi connectivity index (χ0) is 14.8. The minimum Gasteiger partial charge on any atom is -0.480 e. The molecule has 3 rings (SSSR count). The minimum atomic E-state index is -0.735. The molecule has 2 heterocycles. The molecule has 0 radical (unpaired) electrons. The van der Waals surface area contributed by atoms with Crippen LogP contribution in [0, 0.1) is 5.82 Å². The Labute approximate surface area is 125 Å². The molecule has 110 valence electrons. The third kappa shape index (κ3) is 3.06. The van der Waals surface area contributed by atoms with Crippen molar-refractivity contribution in [2.45, 2.75) is 18.6 Å². The first kappa shape index (κ1) is 14.0. The summed E-state index contributed by atoms with van der Waals surface area (Å²) in [5.74, 6) is -0.109. The Morgan fingerprint density at radius 2 is 2.38 bits per heavy atom. The highest BCUT2D eigenvalue weighted by atomic mass is 32.1. The summed E-state index contributed by atoms with van der Waals surface area (Å²) >= 11 is 1.49. The summed E-state index contributed by atoms with van der Waals surface area (Å²) in [4.78, 5) is 12.0. The van der Waals surface area contributed by atoms with Crippen molar-refractivity contribution in [3.63, 3.8) is 0 Å². The minimum absolute atomic E-state index is 0.125. The lowest BCUT2D eigenvalue weighted by Gasteiger charge is -2.14. The molecule has 6 heteroatoms. The van der Waals surface area contributed by atoms with E-state index in [2.05, 4.69) is 5.32 Å². The molecule has 0 spiro atoms. The fourth-order valence-corrected chi connectivity index (χ4v) is 2.96. The zero-order valence-electron chi connectivity index (χ0n) is 11.1. The van der Waals surface area contributed by atoms with Crippen LogP contribution in [0.3, 0.4) is 0 Å². The quantitative estimate of drug-likeness (QED) is 0.909. The van der Waals surface area contributed by atoms with Crippen LogP contribution in [-0.4, -0.2) is 23.7 Å². The molecule has 0 saturated carbocycles. The summed E-state index contributed by atoms with van der Waals surface area (Å²) in [5, 5.41) is 16.3. The Kier molecular flexibility index (Phi) is 3.90. The maximum Gasteiger partial charge on any atom is 0.261 e. The molecule has 1 aromatic carbocycles. The first-order valence-corrected chi connectivity index (χ1v) is 7.51. The van der Waals surface area contributed by atoms with Gasteiger partial charge in [0.25, 0.3) is 5.91 Å².